The van der Waals surface area contributed by atoms with Crippen LogP contribution in [0.5, 0.6) is 0 Å². The van der Waals surface area contributed by atoms with Gasteiger partial charge in [0.15, 0.2) is 5.78 Å². The van der Waals surface area contributed by atoms with Crippen LogP contribution in [0.2, 0.25) is 0 Å². The van der Waals surface area contributed by atoms with Crippen LogP contribution in [0.1, 0.15) is 37.0 Å². The van der Waals surface area contributed by atoms with Crippen molar-refractivity contribution in [2.45, 2.75) is 26.7 Å². The van der Waals surface area contributed by atoms with Crippen molar-refractivity contribution in [3.63, 3.8) is 0 Å². The molecule has 2 nitrogen and oxygen atoms in total. The molecular formula is C16H24BrNOS. The highest BCUT2D eigenvalue weighted by Crippen LogP contribution is 2.13. The van der Waals surface area contributed by atoms with Crippen LogP contribution in [0.15, 0.2) is 28.7 Å². The van der Waals surface area contributed by atoms with E-state index in [-0.39, 0.29) is 5.78 Å². The number of ketones is 1. The van der Waals surface area contributed by atoms with Crippen molar-refractivity contribution in [2.24, 2.45) is 0 Å². The van der Waals surface area contributed by atoms with Gasteiger partial charge in [-0.25, -0.2) is 0 Å². The summed E-state index contributed by atoms with van der Waals surface area (Å²) in [4.78, 5) is 14.4. The summed E-state index contributed by atoms with van der Waals surface area (Å²) in [6, 6.07) is 7.62. The fraction of sp³-hybridized carbons (Fsp3) is 0.562. The molecule has 0 fully saturated rings. The third-order valence-corrected chi connectivity index (χ3v) is 4.88. The molecule has 0 amide bonds. The highest BCUT2D eigenvalue weighted by molar-refractivity contribution is 9.10. The van der Waals surface area contributed by atoms with Gasteiger partial charge < -0.3 is 4.90 Å². The zero-order chi connectivity index (χ0) is 14.8. The standard InChI is InChI=1S/C16H24BrNOS/c1-3-18(4-2)11-13-20-12-5-6-16(19)14-7-9-15(17)10-8-14/h7-10H,3-6,11-13H2,1-2H3. The molecule has 0 aromatic heterocycles. The molecule has 112 valence electrons. The molecule has 0 spiro atoms. The minimum atomic E-state index is 0.252. The Hall–Kier alpha value is -0.320. The summed E-state index contributed by atoms with van der Waals surface area (Å²) in [5, 5.41) is 0. The van der Waals surface area contributed by atoms with Crippen LogP contribution in [0, 0.1) is 0 Å². The zero-order valence-corrected chi connectivity index (χ0v) is 14.8. The first-order chi connectivity index (χ1) is 9.67. The number of rotatable bonds is 10. The smallest absolute Gasteiger partial charge is 0.162 e. The van der Waals surface area contributed by atoms with Gasteiger partial charge in [0.1, 0.15) is 0 Å². The van der Waals surface area contributed by atoms with Crippen molar-refractivity contribution in [3.8, 4) is 0 Å². The number of halogens is 1. The monoisotopic (exact) mass is 357 g/mol. The van der Waals surface area contributed by atoms with Gasteiger partial charge in [-0.1, -0.05) is 41.9 Å². The largest absolute Gasteiger partial charge is 0.303 e. The van der Waals surface area contributed by atoms with Gasteiger partial charge in [-0.05, 0) is 37.4 Å². The summed E-state index contributed by atoms with van der Waals surface area (Å²) in [5.74, 6) is 2.49. The Labute approximate surface area is 135 Å². The number of hydrogen-bond donors (Lipinski definition) is 0. The van der Waals surface area contributed by atoms with E-state index in [4.69, 9.17) is 0 Å². The Morgan fingerprint density at radius 2 is 1.80 bits per heavy atom. The van der Waals surface area contributed by atoms with Crippen molar-refractivity contribution in [1.82, 2.24) is 4.90 Å². The molecule has 0 bridgehead atoms. The summed E-state index contributed by atoms with van der Waals surface area (Å²) in [6.45, 7) is 7.80. The molecule has 0 atom stereocenters. The molecule has 1 rings (SSSR count). The number of benzene rings is 1. The van der Waals surface area contributed by atoms with Crippen LogP contribution in [-0.4, -0.2) is 41.8 Å². The van der Waals surface area contributed by atoms with E-state index < -0.39 is 0 Å². The number of Topliss-reactive ketones (excluding diaryl/α,β-unsaturated/α-hetero) is 1. The molecule has 0 aliphatic heterocycles. The van der Waals surface area contributed by atoms with E-state index >= 15 is 0 Å². The van der Waals surface area contributed by atoms with Gasteiger partial charge in [-0.3, -0.25) is 4.79 Å². The number of thioether (sulfide) groups is 1. The molecule has 0 N–H and O–H groups in total. The first-order valence-corrected chi connectivity index (χ1v) is 9.21. The van der Waals surface area contributed by atoms with Gasteiger partial charge in [-0.2, -0.15) is 11.8 Å². The average Bonchev–Trinajstić information content (AvgIpc) is 2.47. The highest BCUT2D eigenvalue weighted by Gasteiger charge is 2.05. The van der Waals surface area contributed by atoms with Gasteiger partial charge in [0, 0.05) is 28.8 Å². The second kappa shape index (κ2) is 10.4. The fourth-order valence-corrected chi connectivity index (χ4v) is 3.15. The van der Waals surface area contributed by atoms with Crippen molar-refractivity contribution < 1.29 is 4.79 Å². The Balaban J connectivity index is 2.12. The minimum absolute atomic E-state index is 0.252. The second-order valence-corrected chi connectivity index (χ2v) is 6.81. The summed E-state index contributed by atoms with van der Waals surface area (Å²) >= 11 is 5.33. The molecular weight excluding hydrogens is 334 g/mol. The lowest BCUT2D eigenvalue weighted by Gasteiger charge is -2.17. The molecule has 20 heavy (non-hydrogen) atoms. The van der Waals surface area contributed by atoms with Gasteiger partial charge in [0.2, 0.25) is 0 Å². The molecule has 4 heteroatoms. The predicted octanol–water partition coefficient (Wildman–Crippen LogP) is 4.49. The van der Waals surface area contributed by atoms with E-state index in [0.29, 0.717) is 6.42 Å². The van der Waals surface area contributed by atoms with Crippen LogP contribution in [0.3, 0.4) is 0 Å². The predicted molar refractivity (Wildman–Crippen MR) is 92.8 cm³/mol. The number of hydrogen-bond acceptors (Lipinski definition) is 3. The van der Waals surface area contributed by atoms with E-state index in [0.717, 1.165) is 47.6 Å². The first kappa shape index (κ1) is 17.7. The van der Waals surface area contributed by atoms with Gasteiger partial charge in [0.25, 0.3) is 0 Å². The van der Waals surface area contributed by atoms with Crippen LogP contribution < -0.4 is 0 Å². The summed E-state index contributed by atoms with van der Waals surface area (Å²) in [5.41, 5.74) is 0.821. The fourth-order valence-electron chi connectivity index (χ4n) is 1.95. The Morgan fingerprint density at radius 3 is 2.40 bits per heavy atom. The summed E-state index contributed by atoms with van der Waals surface area (Å²) < 4.78 is 1.01. The lowest BCUT2D eigenvalue weighted by Crippen LogP contribution is -2.25. The second-order valence-electron chi connectivity index (χ2n) is 4.67. The molecule has 0 saturated heterocycles. The molecule has 0 heterocycles. The van der Waals surface area contributed by atoms with Gasteiger partial charge in [-0.15, -0.1) is 0 Å². The minimum Gasteiger partial charge on any atom is -0.303 e. The van der Waals surface area contributed by atoms with Crippen molar-refractivity contribution >= 4 is 33.5 Å². The number of nitrogens with zero attached hydrogens (tertiary/aromatic N) is 1. The maximum atomic E-state index is 12.0. The quantitative estimate of drug-likeness (QED) is 0.454. The van der Waals surface area contributed by atoms with Crippen molar-refractivity contribution in [3.05, 3.63) is 34.3 Å². The molecule has 1 aromatic rings. The van der Waals surface area contributed by atoms with E-state index in [1.54, 1.807) is 0 Å². The lowest BCUT2D eigenvalue weighted by molar-refractivity contribution is 0.0982. The van der Waals surface area contributed by atoms with Gasteiger partial charge >= 0.3 is 0 Å². The van der Waals surface area contributed by atoms with E-state index in [9.17, 15) is 4.79 Å². The molecule has 0 aliphatic carbocycles. The van der Waals surface area contributed by atoms with Crippen LogP contribution >= 0.6 is 27.7 Å². The maximum absolute atomic E-state index is 12.0. The van der Waals surface area contributed by atoms with E-state index in [1.807, 2.05) is 36.0 Å². The van der Waals surface area contributed by atoms with Crippen LogP contribution in [0.25, 0.3) is 0 Å². The zero-order valence-electron chi connectivity index (χ0n) is 12.4. The SMILES string of the molecule is CCN(CC)CCSCCCC(=O)c1ccc(Br)cc1. The number of carbonyl (C=O) groups excluding carboxylic acids is 1. The molecule has 0 saturated carbocycles. The summed E-state index contributed by atoms with van der Waals surface area (Å²) in [6.07, 6.45) is 1.62. The maximum Gasteiger partial charge on any atom is 0.162 e. The van der Waals surface area contributed by atoms with Crippen molar-refractivity contribution in [1.29, 1.82) is 0 Å². The third-order valence-electron chi connectivity index (χ3n) is 3.30. The molecule has 0 unspecified atom stereocenters. The van der Waals surface area contributed by atoms with Crippen LogP contribution in [0.4, 0.5) is 0 Å². The Kier molecular flexibility index (Phi) is 9.23. The normalized spacial score (nSPS) is 11.0. The van der Waals surface area contributed by atoms with E-state index in [1.165, 1.54) is 0 Å². The number of carbonyl (C=O) groups is 1. The first-order valence-electron chi connectivity index (χ1n) is 7.26. The Bertz CT molecular complexity index is 390. The third kappa shape index (κ3) is 6.91. The van der Waals surface area contributed by atoms with E-state index in [2.05, 4.69) is 34.7 Å². The van der Waals surface area contributed by atoms with Crippen molar-refractivity contribution in [2.75, 3.05) is 31.1 Å². The van der Waals surface area contributed by atoms with Crippen LogP contribution in [-0.2, 0) is 0 Å². The molecule has 0 radical (unpaired) electrons. The van der Waals surface area contributed by atoms with Gasteiger partial charge in [0.05, 0.1) is 0 Å². The molecule has 0 aliphatic rings. The lowest BCUT2D eigenvalue weighted by atomic mass is 10.1. The molecule has 1 aromatic carbocycles. The highest BCUT2D eigenvalue weighted by atomic mass is 79.9. The summed E-state index contributed by atoms with van der Waals surface area (Å²) in [7, 11) is 0. The average molecular weight is 358 g/mol. The Morgan fingerprint density at radius 1 is 1.15 bits per heavy atom. The topological polar surface area (TPSA) is 20.3 Å².